The highest BCUT2D eigenvalue weighted by atomic mass is 32.2. The number of hydrogen-bond acceptors (Lipinski definition) is 4. The van der Waals surface area contributed by atoms with Gasteiger partial charge in [0, 0.05) is 36.9 Å². The van der Waals surface area contributed by atoms with Crippen molar-refractivity contribution in [2.24, 2.45) is 0 Å². The number of sulfonamides is 1. The number of carbonyl (C=O) groups excluding carboxylic acids is 1. The largest absolute Gasteiger partial charge is 0.372 e. The van der Waals surface area contributed by atoms with Crippen molar-refractivity contribution in [2.75, 3.05) is 24.5 Å². The highest BCUT2D eigenvalue weighted by Gasteiger charge is 2.47. The molecule has 0 spiro atoms. The van der Waals surface area contributed by atoms with Crippen LogP contribution in [0.3, 0.4) is 0 Å². The van der Waals surface area contributed by atoms with Crippen molar-refractivity contribution in [3.8, 4) is 0 Å². The van der Waals surface area contributed by atoms with Crippen LogP contribution in [-0.2, 0) is 10.0 Å². The molecule has 0 unspecified atom stereocenters. The number of hydrogen-bond donors (Lipinski definition) is 0. The van der Waals surface area contributed by atoms with Gasteiger partial charge in [0.1, 0.15) is 6.17 Å². The third-order valence-electron chi connectivity index (χ3n) is 6.66. The summed E-state index contributed by atoms with van der Waals surface area (Å²) < 4.78 is 29.1. The van der Waals surface area contributed by atoms with Crippen LogP contribution in [0.1, 0.15) is 48.4 Å². The molecule has 1 fully saturated rings. The number of carbonyl (C=O) groups is 1. The summed E-state index contributed by atoms with van der Waals surface area (Å²) in [4.78, 5) is 17.8. The second kappa shape index (κ2) is 10.2. The first kappa shape index (κ1) is 24.9. The lowest BCUT2D eigenvalue weighted by atomic mass is 10.1. The van der Waals surface area contributed by atoms with E-state index in [2.05, 4.69) is 18.7 Å². The first-order chi connectivity index (χ1) is 16.8. The molecular formula is C28H33N3O3S. The van der Waals surface area contributed by atoms with Crippen LogP contribution in [0.2, 0.25) is 0 Å². The molecule has 35 heavy (non-hydrogen) atoms. The zero-order valence-corrected chi connectivity index (χ0v) is 21.6. The van der Waals surface area contributed by atoms with E-state index in [-0.39, 0.29) is 23.4 Å². The third-order valence-corrected chi connectivity index (χ3v) is 8.49. The molecule has 6 nitrogen and oxygen atoms in total. The van der Waals surface area contributed by atoms with Gasteiger partial charge in [-0.3, -0.25) is 4.79 Å². The lowest BCUT2D eigenvalue weighted by molar-refractivity contribution is 0.0640. The van der Waals surface area contributed by atoms with Gasteiger partial charge in [0.2, 0.25) is 10.0 Å². The Morgan fingerprint density at radius 1 is 0.914 bits per heavy atom. The number of nitrogens with zero attached hydrogens (tertiary/aromatic N) is 3. The van der Waals surface area contributed by atoms with E-state index in [4.69, 9.17) is 0 Å². The minimum Gasteiger partial charge on any atom is -0.372 e. The zero-order chi connectivity index (χ0) is 25.2. The van der Waals surface area contributed by atoms with E-state index in [0.717, 1.165) is 29.9 Å². The topological polar surface area (TPSA) is 60.9 Å². The smallest absolute Gasteiger partial charge is 0.255 e. The van der Waals surface area contributed by atoms with Crippen LogP contribution in [-0.4, -0.2) is 49.2 Å². The molecule has 1 heterocycles. The average molecular weight is 492 g/mol. The predicted octanol–water partition coefficient (Wildman–Crippen LogP) is 5.08. The fraction of sp³-hybridized carbons (Fsp3) is 0.321. The van der Waals surface area contributed by atoms with Gasteiger partial charge in [-0.25, -0.2) is 8.42 Å². The molecule has 4 rings (SSSR count). The molecule has 0 radical (unpaired) electrons. The Morgan fingerprint density at radius 2 is 1.51 bits per heavy atom. The Kier molecular flexibility index (Phi) is 7.28. The molecule has 0 aromatic heterocycles. The average Bonchev–Trinajstić information content (AvgIpc) is 3.23. The molecule has 0 N–H and O–H groups in total. The van der Waals surface area contributed by atoms with Crippen molar-refractivity contribution in [3.63, 3.8) is 0 Å². The summed E-state index contributed by atoms with van der Waals surface area (Å²) in [5.41, 5.74) is 3.37. The van der Waals surface area contributed by atoms with Gasteiger partial charge in [-0.1, -0.05) is 48.0 Å². The molecule has 3 aromatic carbocycles. The summed E-state index contributed by atoms with van der Waals surface area (Å²) in [5.74, 6) is -0.183. The summed E-state index contributed by atoms with van der Waals surface area (Å²) in [6.45, 7) is 10.0. The highest BCUT2D eigenvalue weighted by molar-refractivity contribution is 7.89. The monoisotopic (exact) mass is 491 g/mol. The number of anilines is 1. The Bertz CT molecular complexity index is 1260. The highest BCUT2D eigenvalue weighted by Crippen LogP contribution is 2.39. The van der Waals surface area contributed by atoms with E-state index in [1.165, 1.54) is 4.31 Å². The van der Waals surface area contributed by atoms with Crippen molar-refractivity contribution in [1.82, 2.24) is 9.21 Å². The predicted molar refractivity (Wildman–Crippen MR) is 140 cm³/mol. The van der Waals surface area contributed by atoms with Gasteiger partial charge in [-0.2, -0.15) is 4.31 Å². The van der Waals surface area contributed by atoms with Crippen LogP contribution in [0.15, 0.2) is 83.8 Å². The van der Waals surface area contributed by atoms with E-state index < -0.39 is 16.2 Å². The second-order valence-corrected chi connectivity index (χ2v) is 10.8. The maximum absolute atomic E-state index is 13.8. The van der Waals surface area contributed by atoms with Gasteiger partial charge in [0.05, 0.1) is 4.90 Å². The van der Waals surface area contributed by atoms with Crippen LogP contribution < -0.4 is 4.90 Å². The fourth-order valence-electron chi connectivity index (χ4n) is 4.72. The van der Waals surface area contributed by atoms with Crippen molar-refractivity contribution >= 4 is 21.6 Å². The van der Waals surface area contributed by atoms with Crippen LogP contribution in [0.5, 0.6) is 0 Å². The van der Waals surface area contributed by atoms with Crippen molar-refractivity contribution < 1.29 is 13.2 Å². The van der Waals surface area contributed by atoms with Crippen LogP contribution in [0.25, 0.3) is 0 Å². The SMILES string of the molecule is CCN(CC)c1ccc([C@@H]2N(C(=O)c3ccccc3)[C@@H](C)CN2S(=O)(=O)c2ccc(C)cc2)cc1. The number of rotatable bonds is 7. The van der Waals surface area contributed by atoms with E-state index in [1.807, 2.05) is 56.3 Å². The van der Waals surface area contributed by atoms with Gasteiger partial charge in [-0.15, -0.1) is 0 Å². The maximum atomic E-state index is 13.8. The Morgan fingerprint density at radius 3 is 2.09 bits per heavy atom. The number of amides is 1. The van der Waals surface area contributed by atoms with Gasteiger partial charge < -0.3 is 9.80 Å². The first-order valence-electron chi connectivity index (χ1n) is 12.1. The van der Waals surface area contributed by atoms with Crippen molar-refractivity contribution in [3.05, 3.63) is 95.6 Å². The van der Waals surface area contributed by atoms with Gasteiger partial charge >= 0.3 is 0 Å². The minimum atomic E-state index is -3.84. The molecule has 0 aliphatic carbocycles. The third kappa shape index (κ3) is 4.83. The molecule has 0 bridgehead atoms. The maximum Gasteiger partial charge on any atom is 0.255 e. The van der Waals surface area contributed by atoms with E-state index in [0.29, 0.717) is 5.56 Å². The summed E-state index contributed by atoms with van der Waals surface area (Å²) >= 11 is 0. The first-order valence-corrected chi connectivity index (χ1v) is 13.5. The fourth-order valence-corrected chi connectivity index (χ4v) is 6.37. The second-order valence-electron chi connectivity index (χ2n) is 8.95. The van der Waals surface area contributed by atoms with E-state index >= 15 is 0 Å². The van der Waals surface area contributed by atoms with Gasteiger partial charge in [-0.05, 0) is 69.7 Å². The molecule has 1 amide bonds. The van der Waals surface area contributed by atoms with Crippen LogP contribution in [0, 0.1) is 6.92 Å². The summed E-state index contributed by atoms with van der Waals surface area (Å²) in [5, 5.41) is 0. The molecule has 1 aliphatic rings. The van der Waals surface area contributed by atoms with Gasteiger partial charge in [0.15, 0.2) is 0 Å². The van der Waals surface area contributed by atoms with Crippen molar-refractivity contribution in [1.29, 1.82) is 0 Å². The molecule has 2 atom stereocenters. The zero-order valence-electron chi connectivity index (χ0n) is 20.8. The summed E-state index contributed by atoms with van der Waals surface area (Å²) in [7, 11) is -3.84. The standard InChI is InChI=1S/C28H33N3O3S/c1-5-29(6-2)25-16-14-23(15-17-25)27-30(35(33,34)26-18-12-21(3)13-19-26)20-22(4)31(27)28(32)24-10-8-7-9-11-24/h7-19,22,27H,5-6,20H2,1-4H3/t22-,27-/m0/s1. The molecule has 1 aliphatic heterocycles. The minimum absolute atomic E-state index is 0.183. The molecule has 1 saturated heterocycles. The molecule has 0 saturated carbocycles. The van der Waals surface area contributed by atoms with Crippen LogP contribution in [0.4, 0.5) is 5.69 Å². The van der Waals surface area contributed by atoms with E-state index in [9.17, 15) is 13.2 Å². The molecular weight excluding hydrogens is 458 g/mol. The Balaban J connectivity index is 1.80. The molecule has 184 valence electrons. The molecule has 3 aromatic rings. The lowest BCUT2D eigenvalue weighted by Crippen LogP contribution is -2.39. The Hall–Kier alpha value is -3.16. The normalized spacial score (nSPS) is 18.6. The van der Waals surface area contributed by atoms with E-state index in [1.54, 1.807) is 41.3 Å². The van der Waals surface area contributed by atoms with Crippen LogP contribution >= 0.6 is 0 Å². The quantitative estimate of drug-likeness (QED) is 0.463. The number of aryl methyl sites for hydroxylation is 1. The summed E-state index contributed by atoms with van der Waals surface area (Å²) in [6.07, 6.45) is -0.741. The number of benzene rings is 3. The Labute approximate surface area is 208 Å². The molecule has 7 heteroatoms. The lowest BCUT2D eigenvalue weighted by Gasteiger charge is -2.32. The van der Waals surface area contributed by atoms with Crippen molar-refractivity contribution in [2.45, 2.75) is 44.8 Å². The summed E-state index contributed by atoms with van der Waals surface area (Å²) in [6, 6.07) is 23.5. The van der Waals surface area contributed by atoms with Gasteiger partial charge in [0.25, 0.3) is 5.91 Å².